The summed E-state index contributed by atoms with van der Waals surface area (Å²) in [6, 6.07) is 6.46. The Balaban J connectivity index is 0.00000324. The van der Waals surface area contributed by atoms with E-state index in [1.165, 1.54) is 45.1 Å². The van der Waals surface area contributed by atoms with E-state index in [0.717, 1.165) is 31.6 Å². The third-order valence-electron chi connectivity index (χ3n) is 6.63. The molecular formula is C24H38ClN7O. The molecule has 1 aromatic heterocycles. The third-order valence-corrected chi connectivity index (χ3v) is 6.93. The molecule has 3 N–H and O–H groups in total. The Morgan fingerprint density at radius 3 is 2.52 bits per heavy atom. The van der Waals surface area contributed by atoms with Crippen molar-refractivity contribution in [1.82, 2.24) is 19.9 Å². The van der Waals surface area contributed by atoms with Crippen LogP contribution in [0, 0.1) is 0 Å². The van der Waals surface area contributed by atoms with Gasteiger partial charge in [-0.2, -0.15) is 15.0 Å². The number of likely N-dealkylation sites (N-methyl/N-ethyl adjacent to an activating group) is 1. The Bertz CT molecular complexity index is 911. The number of ether oxygens (including phenoxy) is 1. The molecule has 1 aliphatic carbocycles. The standard InChI is InChI=1S/C24H36ClN7O.H2/c1-3-32-14-8-11-19(32)16-26-22-29-23(27-17-9-6-4-5-7-10-17)31-24(30-22)28-18-12-13-21(33-2)20(25)15-18;/h12-13,15,17,19H,3-11,14,16H2,1-2H3,(H3,26,27,28,29,30,31);1H. The number of halogens is 1. The summed E-state index contributed by atoms with van der Waals surface area (Å²) in [7, 11) is 1.60. The van der Waals surface area contributed by atoms with Crippen molar-refractivity contribution < 1.29 is 6.16 Å². The molecule has 8 nitrogen and oxygen atoms in total. The van der Waals surface area contributed by atoms with Gasteiger partial charge in [-0.1, -0.05) is 44.2 Å². The highest BCUT2D eigenvalue weighted by atomic mass is 35.5. The normalized spacial score (nSPS) is 19.8. The minimum absolute atomic E-state index is 0. The first-order valence-corrected chi connectivity index (χ1v) is 12.6. The van der Waals surface area contributed by atoms with Crippen molar-refractivity contribution in [2.75, 3.05) is 42.7 Å². The minimum atomic E-state index is 0. The SMILES string of the molecule is CCN1CCCC1CNc1nc(Nc2ccc(OC)c(Cl)c2)nc(NC2CCCCCC2)n1.[HH]. The quantitative estimate of drug-likeness (QED) is 0.406. The molecule has 1 saturated heterocycles. The maximum atomic E-state index is 6.30. The molecule has 2 aromatic rings. The first-order valence-electron chi connectivity index (χ1n) is 12.3. The van der Waals surface area contributed by atoms with Gasteiger partial charge in [0.25, 0.3) is 0 Å². The molecule has 0 spiro atoms. The average molecular weight is 476 g/mol. The summed E-state index contributed by atoms with van der Waals surface area (Å²) in [6.07, 6.45) is 9.86. The topological polar surface area (TPSA) is 87.2 Å². The lowest BCUT2D eigenvalue weighted by atomic mass is 10.1. The second kappa shape index (κ2) is 11.7. The van der Waals surface area contributed by atoms with Crippen LogP contribution >= 0.6 is 11.6 Å². The number of methoxy groups -OCH3 is 1. The maximum absolute atomic E-state index is 6.30. The van der Waals surface area contributed by atoms with Crippen LogP contribution in [0.5, 0.6) is 5.75 Å². The van der Waals surface area contributed by atoms with Crippen molar-refractivity contribution in [3.05, 3.63) is 23.2 Å². The number of nitrogens with one attached hydrogen (secondary N) is 3. The van der Waals surface area contributed by atoms with Gasteiger partial charge in [-0.05, 0) is 57.0 Å². The fourth-order valence-corrected chi connectivity index (χ4v) is 5.06. The molecule has 2 aliphatic rings. The monoisotopic (exact) mass is 475 g/mol. The molecule has 2 heterocycles. The molecule has 1 atom stereocenters. The summed E-state index contributed by atoms with van der Waals surface area (Å²) in [5.41, 5.74) is 0.798. The number of aromatic nitrogens is 3. The fraction of sp³-hybridized carbons (Fsp3) is 0.625. The van der Waals surface area contributed by atoms with Gasteiger partial charge in [0, 0.05) is 25.7 Å². The van der Waals surface area contributed by atoms with Crippen LogP contribution < -0.4 is 20.7 Å². The molecule has 1 saturated carbocycles. The van der Waals surface area contributed by atoms with Crippen LogP contribution in [0.15, 0.2) is 18.2 Å². The molecule has 4 rings (SSSR count). The lowest BCUT2D eigenvalue weighted by Crippen LogP contribution is -2.35. The Morgan fingerprint density at radius 2 is 1.79 bits per heavy atom. The molecule has 9 heteroatoms. The zero-order valence-corrected chi connectivity index (χ0v) is 20.5. The summed E-state index contributed by atoms with van der Waals surface area (Å²) in [6.45, 7) is 5.29. The first-order chi connectivity index (χ1) is 16.1. The van der Waals surface area contributed by atoms with Gasteiger partial charge in [-0.25, -0.2) is 0 Å². The van der Waals surface area contributed by atoms with Crippen LogP contribution in [0.3, 0.4) is 0 Å². The number of anilines is 4. The van der Waals surface area contributed by atoms with Gasteiger partial charge >= 0.3 is 0 Å². The number of hydrogen-bond donors (Lipinski definition) is 3. The Labute approximate surface area is 203 Å². The third kappa shape index (κ3) is 6.60. The number of nitrogens with zero attached hydrogens (tertiary/aromatic N) is 4. The van der Waals surface area contributed by atoms with E-state index >= 15 is 0 Å². The first kappa shape index (κ1) is 23.8. The highest BCUT2D eigenvalue weighted by Gasteiger charge is 2.23. The number of likely N-dealkylation sites (tertiary alicyclic amines) is 1. The van der Waals surface area contributed by atoms with E-state index in [-0.39, 0.29) is 1.43 Å². The van der Waals surface area contributed by atoms with E-state index in [0.29, 0.717) is 40.7 Å². The van der Waals surface area contributed by atoms with Gasteiger partial charge < -0.3 is 20.7 Å². The highest BCUT2D eigenvalue weighted by Crippen LogP contribution is 2.29. The lowest BCUT2D eigenvalue weighted by molar-refractivity contribution is 0.277. The molecule has 1 aliphatic heterocycles. The number of rotatable bonds is 9. The highest BCUT2D eigenvalue weighted by molar-refractivity contribution is 6.32. The minimum Gasteiger partial charge on any atom is -0.495 e. The van der Waals surface area contributed by atoms with Crippen molar-refractivity contribution in [3.8, 4) is 5.75 Å². The van der Waals surface area contributed by atoms with Crippen LogP contribution in [0.2, 0.25) is 5.02 Å². The van der Waals surface area contributed by atoms with Crippen LogP contribution in [-0.2, 0) is 0 Å². The van der Waals surface area contributed by atoms with Crippen LogP contribution in [0.25, 0.3) is 0 Å². The van der Waals surface area contributed by atoms with E-state index in [1.54, 1.807) is 7.11 Å². The predicted octanol–water partition coefficient (Wildman–Crippen LogP) is 5.55. The van der Waals surface area contributed by atoms with Crippen molar-refractivity contribution in [3.63, 3.8) is 0 Å². The van der Waals surface area contributed by atoms with E-state index in [4.69, 9.17) is 21.3 Å². The Hall–Kier alpha value is -2.32. The zero-order valence-electron chi connectivity index (χ0n) is 19.7. The second-order valence-electron chi connectivity index (χ2n) is 8.92. The number of benzene rings is 1. The summed E-state index contributed by atoms with van der Waals surface area (Å²) in [5.74, 6) is 2.32. The molecule has 2 fully saturated rings. The van der Waals surface area contributed by atoms with Crippen molar-refractivity contribution in [2.24, 2.45) is 0 Å². The van der Waals surface area contributed by atoms with Crippen molar-refractivity contribution in [1.29, 1.82) is 0 Å². The van der Waals surface area contributed by atoms with Gasteiger partial charge in [0.15, 0.2) is 0 Å². The fourth-order valence-electron chi connectivity index (χ4n) is 4.81. The largest absolute Gasteiger partial charge is 0.495 e. The second-order valence-corrected chi connectivity index (χ2v) is 9.33. The van der Waals surface area contributed by atoms with Gasteiger partial charge in [0.05, 0.1) is 12.1 Å². The molecule has 1 unspecified atom stereocenters. The van der Waals surface area contributed by atoms with Gasteiger partial charge in [0.2, 0.25) is 17.8 Å². The molecule has 182 valence electrons. The molecule has 0 amide bonds. The van der Waals surface area contributed by atoms with E-state index in [1.807, 2.05) is 18.2 Å². The van der Waals surface area contributed by atoms with Crippen molar-refractivity contribution >= 4 is 35.1 Å². The summed E-state index contributed by atoms with van der Waals surface area (Å²) >= 11 is 6.30. The van der Waals surface area contributed by atoms with E-state index < -0.39 is 0 Å². The molecule has 0 radical (unpaired) electrons. The van der Waals surface area contributed by atoms with Crippen LogP contribution in [0.4, 0.5) is 23.5 Å². The molecule has 1 aromatic carbocycles. The maximum Gasteiger partial charge on any atom is 0.233 e. The smallest absolute Gasteiger partial charge is 0.233 e. The van der Waals surface area contributed by atoms with Gasteiger partial charge in [0.1, 0.15) is 5.75 Å². The van der Waals surface area contributed by atoms with Crippen LogP contribution in [-0.4, -0.2) is 58.7 Å². The van der Waals surface area contributed by atoms with E-state index in [2.05, 4.69) is 37.7 Å². The predicted molar refractivity (Wildman–Crippen MR) is 137 cm³/mol. The molecule has 0 bridgehead atoms. The van der Waals surface area contributed by atoms with Crippen molar-refractivity contribution in [2.45, 2.75) is 70.4 Å². The zero-order chi connectivity index (χ0) is 23.0. The lowest BCUT2D eigenvalue weighted by Gasteiger charge is -2.23. The van der Waals surface area contributed by atoms with Crippen LogP contribution in [0.1, 0.15) is 59.7 Å². The average Bonchev–Trinajstić information content (AvgIpc) is 3.12. The Morgan fingerprint density at radius 1 is 1.03 bits per heavy atom. The van der Waals surface area contributed by atoms with Gasteiger partial charge in [-0.15, -0.1) is 0 Å². The summed E-state index contributed by atoms with van der Waals surface area (Å²) in [4.78, 5) is 16.5. The Kier molecular flexibility index (Phi) is 8.45. The number of hydrogen-bond acceptors (Lipinski definition) is 8. The molecular weight excluding hydrogens is 438 g/mol. The molecule has 33 heavy (non-hydrogen) atoms. The van der Waals surface area contributed by atoms with E-state index in [9.17, 15) is 0 Å². The van der Waals surface area contributed by atoms with Gasteiger partial charge in [-0.3, -0.25) is 4.90 Å². The summed E-state index contributed by atoms with van der Waals surface area (Å²) in [5, 5.41) is 10.8. The summed E-state index contributed by atoms with van der Waals surface area (Å²) < 4.78 is 5.26.